The van der Waals surface area contributed by atoms with Crippen molar-refractivity contribution >= 4 is 5.97 Å². The smallest absolute Gasteiger partial charge is 0.320 e. The zero-order chi connectivity index (χ0) is 10.8. The van der Waals surface area contributed by atoms with E-state index in [9.17, 15) is 4.79 Å². The second kappa shape index (κ2) is 4.49. The first-order valence-electron chi connectivity index (χ1n) is 5.86. The minimum Gasteiger partial charge on any atom is -0.465 e. The summed E-state index contributed by atoms with van der Waals surface area (Å²) < 4.78 is 4.97. The Bertz CT molecular complexity index is 245. The summed E-state index contributed by atoms with van der Waals surface area (Å²) >= 11 is 0. The molecular formula is C11H20N2O2. The Labute approximate surface area is 90.8 Å². The molecule has 15 heavy (non-hydrogen) atoms. The van der Waals surface area contributed by atoms with Gasteiger partial charge in [0.25, 0.3) is 0 Å². The average molecular weight is 212 g/mol. The summed E-state index contributed by atoms with van der Waals surface area (Å²) in [4.78, 5) is 13.6. The van der Waals surface area contributed by atoms with Gasteiger partial charge in [-0.05, 0) is 32.1 Å². The number of carbonyl (C=O) groups excluding carboxylic acids is 1. The van der Waals surface area contributed by atoms with Gasteiger partial charge in [-0.2, -0.15) is 0 Å². The first-order chi connectivity index (χ1) is 7.20. The average Bonchev–Trinajstić information content (AvgIpc) is 2.20. The van der Waals surface area contributed by atoms with Gasteiger partial charge in [0.2, 0.25) is 0 Å². The Morgan fingerprint density at radius 1 is 1.53 bits per heavy atom. The number of fused-ring (bicyclic) bond motifs is 3. The quantitative estimate of drug-likeness (QED) is 0.686. The van der Waals surface area contributed by atoms with Crippen LogP contribution in [0.15, 0.2) is 0 Å². The van der Waals surface area contributed by atoms with E-state index in [1.807, 2.05) is 6.92 Å². The van der Waals surface area contributed by atoms with Crippen LogP contribution in [0.5, 0.6) is 0 Å². The van der Waals surface area contributed by atoms with Gasteiger partial charge in [-0.25, -0.2) is 0 Å². The van der Waals surface area contributed by atoms with Crippen molar-refractivity contribution in [2.45, 2.75) is 38.3 Å². The minimum absolute atomic E-state index is 0.0985. The molecule has 3 fully saturated rings. The molecule has 4 nitrogen and oxygen atoms in total. The zero-order valence-electron chi connectivity index (χ0n) is 9.32. The van der Waals surface area contributed by atoms with E-state index in [0.29, 0.717) is 31.2 Å². The SMILES string of the molecule is CCOC(=O)CN1CC2CCC1CC2N. The molecule has 1 saturated carbocycles. The van der Waals surface area contributed by atoms with Crippen molar-refractivity contribution in [2.24, 2.45) is 11.7 Å². The van der Waals surface area contributed by atoms with Crippen molar-refractivity contribution in [3.05, 3.63) is 0 Å². The molecule has 0 amide bonds. The van der Waals surface area contributed by atoms with Gasteiger partial charge < -0.3 is 10.5 Å². The van der Waals surface area contributed by atoms with Crippen LogP contribution < -0.4 is 5.73 Å². The minimum atomic E-state index is -0.0985. The number of hydrogen-bond donors (Lipinski definition) is 1. The molecule has 2 aliphatic heterocycles. The van der Waals surface area contributed by atoms with Crippen molar-refractivity contribution in [1.29, 1.82) is 0 Å². The Balaban J connectivity index is 1.87. The van der Waals surface area contributed by atoms with Crippen LogP contribution in [0.4, 0.5) is 0 Å². The number of ether oxygens (including phenoxy) is 1. The van der Waals surface area contributed by atoms with E-state index >= 15 is 0 Å². The highest BCUT2D eigenvalue weighted by Crippen LogP contribution is 2.33. The zero-order valence-corrected chi connectivity index (χ0v) is 9.32. The molecule has 0 spiro atoms. The highest BCUT2D eigenvalue weighted by Gasteiger charge is 2.39. The monoisotopic (exact) mass is 212 g/mol. The molecule has 0 aromatic rings. The lowest BCUT2D eigenvalue weighted by molar-refractivity contribution is -0.146. The lowest BCUT2D eigenvalue weighted by Crippen LogP contribution is -2.57. The highest BCUT2D eigenvalue weighted by atomic mass is 16.5. The molecule has 2 heterocycles. The predicted molar refractivity (Wildman–Crippen MR) is 57.3 cm³/mol. The Morgan fingerprint density at radius 3 is 2.87 bits per heavy atom. The largest absolute Gasteiger partial charge is 0.465 e. The van der Waals surface area contributed by atoms with Gasteiger partial charge in [-0.1, -0.05) is 0 Å². The molecule has 3 unspecified atom stereocenters. The van der Waals surface area contributed by atoms with Gasteiger partial charge in [0.05, 0.1) is 13.2 Å². The number of nitrogens with zero attached hydrogens (tertiary/aromatic N) is 1. The molecule has 0 aromatic carbocycles. The van der Waals surface area contributed by atoms with Crippen LogP contribution in [-0.2, 0) is 9.53 Å². The van der Waals surface area contributed by atoms with Gasteiger partial charge in [-0.3, -0.25) is 9.69 Å². The van der Waals surface area contributed by atoms with Crippen molar-refractivity contribution < 1.29 is 9.53 Å². The van der Waals surface area contributed by atoms with Gasteiger partial charge in [0.15, 0.2) is 0 Å². The molecule has 0 aromatic heterocycles. The Kier molecular flexibility index (Phi) is 3.26. The van der Waals surface area contributed by atoms with Crippen LogP contribution in [0.1, 0.15) is 26.2 Å². The third kappa shape index (κ3) is 2.32. The number of piperidine rings is 2. The van der Waals surface area contributed by atoms with Gasteiger partial charge in [0.1, 0.15) is 0 Å². The normalized spacial score (nSPS) is 35.5. The summed E-state index contributed by atoms with van der Waals surface area (Å²) in [7, 11) is 0. The fourth-order valence-electron chi connectivity index (χ4n) is 2.82. The Hall–Kier alpha value is -0.610. The summed E-state index contributed by atoms with van der Waals surface area (Å²) in [6.07, 6.45) is 3.47. The Morgan fingerprint density at radius 2 is 2.33 bits per heavy atom. The highest BCUT2D eigenvalue weighted by molar-refractivity contribution is 5.71. The summed E-state index contributed by atoms with van der Waals surface area (Å²) in [5.74, 6) is 0.489. The van der Waals surface area contributed by atoms with Crippen LogP contribution in [0.3, 0.4) is 0 Å². The van der Waals surface area contributed by atoms with E-state index in [-0.39, 0.29) is 5.97 Å². The van der Waals surface area contributed by atoms with E-state index in [1.165, 1.54) is 12.8 Å². The lowest BCUT2D eigenvalue weighted by atomic mass is 9.76. The van der Waals surface area contributed by atoms with Gasteiger partial charge in [-0.15, -0.1) is 0 Å². The maximum absolute atomic E-state index is 11.4. The molecule has 1 aliphatic carbocycles. The van der Waals surface area contributed by atoms with Crippen LogP contribution in [0.25, 0.3) is 0 Å². The van der Waals surface area contributed by atoms with E-state index in [2.05, 4.69) is 4.90 Å². The van der Waals surface area contributed by atoms with Gasteiger partial charge >= 0.3 is 5.97 Å². The van der Waals surface area contributed by atoms with Crippen LogP contribution in [-0.4, -0.2) is 42.6 Å². The molecular weight excluding hydrogens is 192 g/mol. The van der Waals surface area contributed by atoms with Crippen LogP contribution in [0.2, 0.25) is 0 Å². The summed E-state index contributed by atoms with van der Waals surface area (Å²) in [5, 5.41) is 0. The number of nitrogens with two attached hydrogens (primary N) is 1. The van der Waals surface area contributed by atoms with Crippen molar-refractivity contribution in [2.75, 3.05) is 19.7 Å². The fourth-order valence-corrected chi connectivity index (χ4v) is 2.82. The van der Waals surface area contributed by atoms with E-state index in [1.54, 1.807) is 0 Å². The molecule has 2 bridgehead atoms. The number of carbonyl (C=O) groups is 1. The summed E-state index contributed by atoms with van der Waals surface area (Å²) in [6.45, 7) is 3.74. The molecule has 0 radical (unpaired) electrons. The topological polar surface area (TPSA) is 55.6 Å². The molecule has 4 heteroatoms. The standard InChI is InChI=1S/C11H20N2O2/c1-2-15-11(14)7-13-6-8-3-4-9(13)5-10(8)12/h8-10H,2-7,12H2,1H3. The summed E-state index contributed by atoms with van der Waals surface area (Å²) in [6, 6.07) is 0.858. The van der Waals surface area contributed by atoms with Crippen molar-refractivity contribution in [1.82, 2.24) is 4.90 Å². The van der Waals surface area contributed by atoms with Crippen LogP contribution >= 0.6 is 0 Å². The lowest BCUT2D eigenvalue weighted by Gasteiger charge is -2.48. The van der Waals surface area contributed by atoms with Crippen molar-refractivity contribution in [3.63, 3.8) is 0 Å². The number of rotatable bonds is 3. The van der Waals surface area contributed by atoms with E-state index in [4.69, 9.17) is 10.5 Å². The molecule has 3 atom stereocenters. The second-order valence-electron chi connectivity index (χ2n) is 4.63. The first-order valence-corrected chi connectivity index (χ1v) is 5.86. The molecule has 2 saturated heterocycles. The van der Waals surface area contributed by atoms with Crippen molar-refractivity contribution in [3.8, 4) is 0 Å². The third-order valence-corrected chi connectivity index (χ3v) is 3.64. The number of hydrogen-bond acceptors (Lipinski definition) is 4. The summed E-state index contributed by atoms with van der Waals surface area (Å²) in [5.41, 5.74) is 6.03. The van der Waals surface area contributed by atoms with E-state index < -0.39 is 0 Å². The molecule has 2 N–H and O–H groups in total. The van der Waals surface area contributed by atoms with Crippen LogP contribution in [0, 0.1) is 5.92 Å². The maximum Gasteiger partial charge on any atom is 0.320 e. The maximum atomic E-state index is 11.4. The molecule has 3 aliphatic rings. The first kappa shape index (κ1) is 10.9. The predicted octanol–water partition coefficient (Wildman–Crippen LogP) is 0.361. The molecule has 3 rings (SSSR count). The number of esters is 1. The van der Waals surface area contributed by atoms with E-state index in [0.717, 1.165) is 13.0 Å². The third-order valence-electron chi connectivity index (χ3n) is 3.64. The second-order valence-corrected chi connectivity index (χ2v) is 4.63. The fraction of sp³-hybridized carbons (Fsp3) is 0.909. The molecule has 86 valence electrons. The van der Waals surface area contributed by atoms with Gasteiger partial charge in [0, 0.05) is 18.6 Å².